The summed E-state index contributed by atoms with van der Waals surface area (Å²) in [4.78, 5) is 0. The molecular formula is C54H36. The van der Waals surface area contributed by atoms with Crippen molar-refractivity contribution in [3.63, 3.8) is 0 Å². The first kappa shape index (κ1) is 31.7. The second-order valence-corrected chi connectivity index (χ2v) is 14.1. The van der Waals surface area contributed by atoms with Gasteiger partial charge in [-0.1, -0.05) is 188 Å². The average Bonchev–Trinajstić information content (AvgIpc) is 3.26. The first-order valence-corrected chi connectivity index (χ1v) is 18.7. The molecule has 0 atom stereocenters. The molecule has 0 aliphatic heterocycles. The van der Waals surface area contributed by atoms with Crippen LogP contribution in [0.25, 0.3) is 99.1 Å². The fourth-order valence-corrected chi connectivity index (χ4v) is 8.18. The van der Waals surface area contributed by atoms with Crippen LogP contribution in [0.2, 0.25) is 0 Å². The molecule has 0 radical (unpaired) electrons. The molecule has 0 aliphatic carbocycles. The molecule has 0 fully saturated rings. The zero-order chi connectivity index (χ0) is 35.8. The monoisotopic (exact) mass is 684 g/mol. The maximum absolute atomic E-state index is 2.43. The van der Waals surface area contributed by atoms with Crippen molar-refractivity contribution in [3.8, 4) is 66.8 Å². The Bertz CT molecular complexity index is 2880. The van der Waals surface area contributed by atoms with E-state index < -0.39 is 0 Å². The highest BCUT2D eigenvalue weighted by molar-refractivity contribution is 6.22. The first-order chi connectivity index (χ1) is 26.8. The molecule has 0 amide bonds. The number of rotatable bonds is 6. The molecule has 252 valence electrons. The lowest BCUT2D eigenvalue weighted by Crippen LogP contribution is -1.93. The van der Waals surface area contributed by atoms with Crippen LogP contribution in [-0.2, 0) is 0 Å². The van der Waals surface area contributed by atoms with Gasteiger partial charge < -0.3 is 0 Å². The zero-order valence-corrected chi connectivity index (χ0v) is 29.8. The van der Waals surface area contributed by atoms with Crippen LogP contribution in [0.5, 0.6) is 0 Å². The fourth-order valence-electron chi connectivity index (χ4n) is 8.18. The summed E-state index contributed by atoms with van der Waals surface area (Å²) in [5, 5.41) is 7.47. The van der Waals surface area contributed by atoms with Gasteiger partial charge in [-0.05, 0) is 129 Å². The van der Waals surface area contributed by atoms with Crippen molar-refractivity contribution >= 4 is 32.3 Å². The summed E-state index contributed by atoms with van der Waals surface area (Å²) in [5.74, 6) is 0. The predicted molar refractivity (Wildman–Crippen MR) is 232 cm³/mol. The van der Waals surface area contributed by atoms with E-state index in [-0.39, 0.29) is 0 Å². The second-order valence-electron chi connectivity index (χ2n) is 14.1. The van der Waals surface area contributed by atoms with Gasteiger partial charge in [-0.2, -0.15) is 0 Å². The lowest BCUT2D eigenvalue weighted by Gasteiger charge is -2.20. The molecule has 0 saturated heterocycles. The van der Waals surface area contributed by atoms with Gasteiger partial charge in [0.15, 0.2) is 0 Å². The van der Waals surface area contributed by atoms with Crippen molar-refractivity contribution in [2.75, 3.05) is 0 Å². The Kier molecular flexibility index (Phi) is 7.93. The van der Waals surface area contributed by atoms with Crippen molar-refractivity contribution in [2.24, 2.45) is 0 Å². The lowest BCUT2D eigenvalue weighted by atomic mass is 9.83. The molecule has 54 heavy (non-hydrogen) atoms. The average molecular weight is 685 g/mol. The van der Waals surface area contributed by atoms with E-state index in [1.54, 1.807) is 0 Å². The Balaban J connectivity index is 1.27. The van der Waals surface area contributed by atoms with Gasteiger partial charge in [-0.25, -0.2) is 0 Å². The zero-order valence-electron chi connectivity index (χ0n) is 29.8. The third-order valence-corrected chi connectivity index (χ3v) is 10.8. The first-order valence-electron chi connectivity index (χ1n) is 18.7. The SMILES string of the molecule is c1ccc(-c2ccc(-c3c4ccccc4c(-c4cc(-c5ccccc5)cc(-c5ccccc5)c4)c4ccc(-c5ccc6ccccc6c5)cc34)cc2)cc1. The van der Waals surface area contributed by atoms with Crippen LogP contribution in [0.1, 0.15) is 0 Å². The standard InChI is InChI=1S/C54H36/c1-4-14-37(15-5-1)41-24-27-42(28-25-41)53-49-22-12-13-23-50(49)54(51-31-30-45(36-52(51)53)44-29-26-40-20-10-11-21-43(40)32-44)48-34-46(38-16-6-2-7-17-38)33-47(35-48)39-18-8-3-9-19-39/h1-36H. The number of fused-ring (bicyclic) bond motifs is 3. The van der Waals surface area contributed by atoms with Gasteiger partial charge in [0.25, 0.3) is 0 Å². The summed E-state index contributed by atoms with van der Waals surface area (Å²) in [7, 11) is 0. The molecule has 0 bridgehead atoms. The number of hydrogen-bond donors (Lipinski definition) is 0. The topological polar surface area (TPSA) is 0 Å². The normalized spacial score (nSPS) is 11.3. The van der Waals surface area contributed by atoms with Crippen molar-refractivity contribution < 1.29 is 0 Å². The number of hydrogen-bond acceptors (Lipinski definition) is 0. The van der Waals surface area contributed by atoms with Crippen LogP contribution >= 0.6 is 0 Å². The highest BCUT2D eigenvalue weighted by atomic mass is 14.2. The van der Waals surface area contributed by atoms with Crippen LogP contribution < -0.4 is 0 Å². The van der Waals surface area contributed by atoms with Gasteiger partial charge in [0.1, 0.15) is 0 Å². The molecule has 10 aromatic rings. The minimum Gasteiger partial charge on any atom is -0.0622 e. The molecule has 0 aromatic heterocycles. The van der Waals surface area contributed by atoms with Crippen LogP contribution in [0.3, 0.4) is 0 Å². The molecule has 0 aliphatic rings. The molecule has 10 rings (SSSR count). The highest BCUT2D eigenvalue weighted by Crippen LogP contribution is 2.46. The van der Waals surface area contributed by atoms with Crippen LogP contribution in [0.15, 0.2) is 218 Å². The quantitative estimate of drug-likeness (QED) is 0.153. The molecule has 0 spiro atoms. The van der Waals surface area contributed by atoms with Crippen LogP contribution in [-0.4, -0.2) is 0 Å². The Hall–Kier alpha value is -7.02. The third-order valence-electron chi connectivity index (χ3n) is 10.8. The minimum absolute atomic E-state index is 1.21. The summed E-state index contributed by atoms with van der Waals surface area (Å²) in [6.45, 7) is 0. The van der Waals surface area contributed by atoms with E-state index in [0.717, 1.165) is 0 Å². The second kappa shape index (κ2) is 13.5. The smallest absolute Gasteiger partial charge is 0.00259 e. The van der Waals surface area contributed by atoms with Crippen molar-refractivity contribution in [2.45, 2.75) is 0 Å². The summed E-state index contributed by atoms with van der Waals surface area (Å²) >= 11 is 0. The van der Waals surface area contributed by atoms with Crippen molar-refractivity contribution in [3.05, 3.63) is 218 Å². The third kappa shape index (κ3) is 5.75. The molecule has 0 saturated carbocycles. The Morgan fingerprint density at radius 3 is 1.17 bits per heavy atom. The summed E-state index contributed by atoms with van der Waals surface area (Å²) in [6, 6.07) is 79.9. The van der Waals surface area contributed by atoms with E-state index in [2.05, 4.69) is 218 Å². The Labute approximate surface area is 316 Å². The summed E-state index contributed by atoms with van der Waals surface area (Å²) in [6.07, 6.45) is 0. The largest absolute Gasteiger partial charge is 0.0622 e. The molecule has 0 heterocycles. The van der Waals surface area contributed by atoms with Gasteiger partial charge in [0.05, 0.1) is 0 Å². The maximum atomic E-state index is 2.43. The molecule has 0 heteroatoms. The summed E-state index contributed by atoms with van der Waals surface area (Å²) in [5.41, 5.74) is 14.6. The summed E-state index contributed by atoms with van der Waals surface area (Å²) < 4.78 is 0. The van der Waals surface area contributed by atoms with E-state index in [1.165, 1.54) is 99.1 Å². The Morgan fingerprint density at radius 1 is 0.167 bits per heavy atom. The molecule has 10 aromatic carbocycles. The van der Waals surface area contributed by atoms with Gasteiger partial charge in [-0.15, -0.1) is 0 Å². The van der Waals surface area contributed by atoms with Crippen molar-refractivity contribution in [1.29, 1.82) is 0 Å². The predicted octanol–water partition coefficient (Wildman–Crippen LogP) is 15.1. The minimum atomic E-state index is 1.21. The van der Waals surface area contributed by atoms with Crippen LogP contribution in [0, 0.1) is 0 Å². The van der Waals surface area contributed by atoms with E-state index in [4.69, 9.17) is 0 Å². The Morgan fingerprint density at radius 2 is 0.556 bits per heavy atom. The molecule has 0 unspecified atom stereocenters. The molecule has 0 N–H and O–H groups in total. The van der Waals surface area contributed by atoms with Crippen LogP contribution in [0.4, 0.5) is 0 Å². The lowest BCUT2D eigenvalue weighted by molar-refractivity contribution is 1.58. The van der Waals surface area contributed by atoms with Crippen molar-refractivity contribution in [1.82, 2.24) is 0 Å². The van der Waals surface area contributed by atoms with Gasteiger partial charge in [0.2, 0.25) is 0 Å². The van der Waals surface area contributed by atoms with Gasteiger partial charge in [0, 0.05) is 0 Å². The maximum Gasteiger partial charge on any atom is -0.00259 e. The fraction of sp³-hybridized carbons (Fsp3) is 0. The van der Waals surface area contributed by atoms with E-state index in [9.17, 15) is 0 Å². The highest BCUT2D eigenvalue weighted by Gasteiger charge is 2.19. The van der Waals surface area contributed by atoms with E-state index >= 15 is 0 Å². The van der Waals surface area contributed by atoms with Gasteiger partial charge in [-0.3, -0.25) is 0 Å². The molecular weight excluding hydrogens is 649 g/mol. The molecule has 0 nitrogen and oxygen atoms in total. The van der Waals surface area contributed by atoms with Gasteiger partial charge >= 0.3 is 0 Å². The van der Waals surface area contributed by atoms with E-state index in [1.807, 2.05) is 0 Å². The van der Waals surface area contributed by atoms with E-state index in [0.29, 0.717) is 0 Å². The number of benzene rings is 10.